The molecule has 20 heavy (non-hydrogen) atoms. The first-order valence-corrected chi connectivity index (χ1v) is 6.93. The van der Waals surface area contributed by atoms with Crippen molar-refractivity contribution >= 4 is 5.91 Å². The average molecular weight is 283 g/mol. The fourth-order valence-corrected chi connectivity index (χ4v) is 2.54. The third kappa shape index (κ3) is 3.47. The van der Waals surface area contributed by atoms with Gasteiger partial charge in [0.1, 0.15) is 13.2 Å². The van der Waals surface area contributed by atoms with Gasteiger partial charge in [0.05, 0.1) is 0 Å². The molecule has 0 aliphatic heterocycles. The second-order valence-corrected chi connectivity index (χ2v) is 5.15. The largest absolute Gasteiger partial charge is 0.437 e. The highest BCUT2D eigenvalue weighted by atomic mass is 16.5. The Morgan fingerprint density at radius 1 is 1.45 bits per heavy atom. The van der Waals surface area contributed by atoms with E-state index in [0.717, 1.165) is 30.4 Å². The molecule has 0 N–H and O–H groups in total. The van der Waals surface area contributed by atoms with E-state index in [4.69, 9.17) is 9.15 Å². The zero-order valence-corrected chi connectivity index (χ0v) is 12.0. The number of carbonyl (C=O) groups excluding carboxylic acids is 1. The topological polar surface area (TPSA) is 77.6 Å². The smallest absolute Gasteiger partial charge is 0.390 e. The number of hydrogen-bond acceptors (Lipinski definition) is 5. The van der Waals surface area contributed by atoms with E-state index in [9.17, 15) is 9.59 Å². The van der Waals surface area contributed by atoms with Crippen LogP contribution in [0.3, 0.4) is 0 Å². The van der Waals surface area contributed by atoms with Crippen molar-refractivity contribution in [2.45, 2.75) is 51.3 Å². The molecule has 7 nitrogen and oxygen atoms in total. The fourth-order valence-electron chi connectivity index (χ4n) is 2.54. The molecule has 1 amide bonds. The van der Waals surface area contributed by atoms with Crippen LogP contribution in [0, 0.1) is 0 Å². The lowest BCUT2D eigenvalue weighted by atomic mass is 9.94. The molecule has 0 unspecified atom stereocenters. The number of hydrogen-bond donors (Lipinski definition) is 0. The van der Waals surface area contributed by atoms with Crippen molar-refractivity contribution in [3.05, 3.63) is 16.4 Å². The molecule has 0 aromatic carbocycles. The first kappa shape index (κ1) is 14.8. The van der Waals surface area contributed by atoms with E-state index in [0.29, 0.717) is 0 Å². The number of carbonyl (C=O) groups is 1. The number of nitrogens with zero attached hydrogens (tertiary/aromatic N) is 3. The molecular formula is C13H21N3O4. The Morgan fingerprint density at radius 3 is 2.80 bits per heavy atom. The van der Waals surface area contributed by atoms with Crippen molar-refractivity contribution < 1.29 is 13.9 Å². The van der Waals surface area contributed by atoms with Gasteiger partial charge in [0.15, 0.2) is 0 Å². The van der Waals surface area contributed by atoms with Crippen LogP contribution in [0.5, 0.6) is 0 Å². The summed E-state index contributed by atoms with van der Waals surface area (Å²) < 4.78 is 10.8. The molecule has 1 aromatic rings. The molecule has 0 spiro atoms. The van der Waals surface area contributed by atoms with Crippen LogP contribution in [-0.4, -0.2) is 40.8 Å². The van der Waals surface area contributed by atoms with Gasteiger partial charge in [0, 0.05) is 20.2 Å². The number of amides is 1. The van der Waals surface area contributed by atoms with E-state index in [2.05, 4.69) is 5.10 Å². The van der Waals surface area contributed by atoms with Crippen LogP contribution in [0.25, 0.3) is 0 Å². The highest BCUT2D eigenvalue weighted by molar-refractivity contribution is 5.75. The molecule has 1 fully saturated rings. The Hall–Kier alpha value is -1.63. The summed E-state index contributed by atoms with van der Waals surface area (Å²) in [5.74, 6) is -0.552. The number of ether oxygens (including phenoxy) is 1. The molecule has 1 aromatic heterocycles. The van der Waals surface area contributed by atoms with Gasteiger partial charge in [-0.15, -0.1) is 5.10 Å². The summed E-state index contributed by atoms with van der Waals surface area (Å²) >= 11 is 0. The Bertz CT molecular complexity index is 502. The van der Waals surface area contributed by atoms with E-state index >= 15 is 0 Å². The van der Waals surface area contributed by atoms with Crippen molar-refractivity contribution in [2.24, 2.45) is 0 Å². The molecule has 1 aliphatic rings. The number of aromatic nitrogens is 2. The van der Waals surface area contributed by atoms with E-state index in [1.54, 1.807) is 11.9 Å². The summed E-state index contributed by atoms with van der Waals surface area (Å²) in [6.45, 7) is 0.0357. The molecule has 0 saturated heterocycles. The lowest BCUT2D eigenvalue weighted by Crippen LogP contribution is -2.41. The molecule has 112 valence electrons. The van der Waals surface area contributed by atoms with Crippen LogP contribution in [-0.2, 0) is 22.7 Å². The van der Waals surface area contributed by atoms with E-state index in [-0.39, 0.29) is 31.0 Å². The van der Waals surface area contributed by atoms with Crippen LogP contribution in [0.4, 0.5) is 0 Å². The van der Waals surface area contributed by atoms with Crippen LogP contribution in [0.2, 0.25) is 0 Å². The summed E-state index contributed by atoms with van der Waals surface area (Å²) in [5.41, 5.74) is 0. The molecule has 1 heterocycles. The number of methoxy groups -OCH3 is 1. The van der Waals surface area contributed by atoms with Crippen molar-refractivity contribution in [3.63, 3.8) is 0 Å². The van der Waals surface area contributed by atoms with Crippen molar-refractivity contribution in [1.82, 2.24) is 14.7 Å². The molecule has 7 heteroatoms. The first-order valence-electron chi connectivity index (χ1n) is 6.93. The van der Waals surface area contributed by atoms with Crippen molar-refractivity contribution in [1.29, 1.82) is 0 Å². The molecule has 0 radical (unpaired) electrons. The fraction of sp³-hybridized carbons (Fsp3) is 0.769. The van der Waals surface area contributed by atoms with Gasteiger partial charge >= 0.3 is 5.76 Å². The Balaban J connectivity index is 1.97. The van der Waals surface area contributed by atoms with Gasteiger partial charge < -0.3 is 14.1 Å². The van der Waals surface area contributed by atoms with Gasteiger partial charge in [-0.2, -0.15) is 4.68 Å². The van der Waals surface area contributed by atoms with Crippen LogP contribution in [0.1, 0.15) is 38.0 Å². The lowest BCUT2D eigenvalue weighted by molar-refractivity contribution is -0.133. The minimum absolute atomic E-state index is 0.0843. The molecule has 0 bridgehead atoms. The quantitative estimate of drug-likeness (QED) is 0.797. The highest BCUT2D eigenvalue weighted by Gasteiger charge is 2.23. The van der Waals surface area contributed by atoms with Gasteiger partial charge in [-0.3, -0.25) is 4.79 Å². The normalized spacial score (nSPS) is 16.3. The van der Waals surface area contributed by atoms with Crippen LogP contribution >= 0.6 is 0 Å². The summed E-state index contributed by atoms with van der Waals surface area (Å²) in [7, 11) is 3.28. The lowest BCUT2D eigenvalue weighted by Gasteiger charge is -2.31. The standard InChI is InChI=1S/C13H21N3O4/c1-15(10-6-4-3-5-7-10)12(17)8-16-13(18)20-11(14-16)9-19-2/h10H,3-9H2,1-2H3. The van der Waals surface area contributed by atoms with E-state index < -0.39 is 5.76 Å². The maximum absolute atomic E-state index is 12.2. The van der Waals surface area contributed by atoms with E-state index in [1.165, 1.54) is 13.5 Å². The Kier molecular flexibility index (Phi) is 4.94. The van der Waals surface area contributed by atoms with Gasteiger partial charge in [-0.1, -0.05) is 19.3 Å². The van der Waals surface area contributed by atoms with Gasteiger partial charge in [-0.05, 0) is 12.8 Å². The minimum Gasteiger partial charge on any atom is -0.390 e. The second-order valence-electron chi connectivity index (χ2n) is 5.15. The van der Waals surface area contributed by atoms with Crippen LogP contribution in [0.15, 0.2) is 9.21 Å². The van der Waals surface area contributed by atoms with Gasteiger partial charge in [0.25, 0.3) is 0 Å². The Labute approximate surface area is 117 Å². The van der Waals surface area contributed by atoms with E-state index in [1.807, 2.05) is 0 Å². The summed E-state index contributed by atoms with van der Waals surface area (Å²) in [6.07, 6.45) is 5.62. The van der Waals surface area contributed by atoms with Gasteiger partial charge in [0.2, 0.25) is 11.8 Å². The number of rotatable bonds is 5. The molecule has 1 aliphatic carbocycles. The number of likely N-dealkylation sites (N-methyl/N-ethyl adjacent to an activating group) is 1. The monoisotopic (exact) mass is 283 g/mol. The SMILES string of the molecule is COCc1nn(CC(=O)N(C)C2CCCCC2)c(=O)o1. The van der Waals surface area contributed by atoms with Crippen molar-refractivity contribution in [2.75, 3.05) is 14.2 Å². The molecule has 1 saturated carbocycles. The maximum Gasteiger partial charge on any atom is 0.437 e. The minimum atomic E-state index is -0.623. The zero-order chi connectivity index (χ0) is 14.5. The maximum atomic E-state index is 12.2. The summed E-state index contributed by atoms with van der Waals surface area (Å²) in [4.78, 5) is 25.5. The third-order valence-electron chi connectivity index (χ3n) is 3.72. The third-order valence-corrected chi connectivity index (χ3v) is 3.72. The highest BCUT2D eigenvalue weighted by Crippen LogP contribution is 2.21. The molecular weight excluding hydrogens is 262 g/mol. The first-order chi connectivity index (χ1) is 9.61. The van der Waals surface area contributed by atoms with Crippen LogP contribution < -0.4 is 5.76 Å². The van der Waals surface area contributed by atoms with Crippen molar-refractivity contribution in [3.8, 4) is 0 Å². The van der Waals surface area contributed by atoms with Gasteiger partial charge in [-0.25, -0.2) is 4.79 Å². The Morgan fingerprint density at radius 2 is 2.15 bits per heavy atom. The molecule has 0 atom stereocenters. The summed E-state index contributed by atoms with van der Waals surface area (Å²) in [5, 5.41) is 3.93. The zero-order valence-electron chi connectivity index (χ0n) is 12.0. The predicted molar refractivity (Wildman–Crippen MR) is 71.1 cm³/mol. The molecule has 2 rings (SSSR count). The second kappa shape index (κ2) is 6.69. The summed E-state index contributed by atoms with van der Waals surface area (Å²) in [6, 6.07) is 0.275. The average Bonchev–Trinajstić information content (AvgIpc) is 2.79. The predicted octanol–water partition coefficient (Wildman–Crippen LogP) is 0.774.